The molecule has 0 saturated carbocycles. The highest BCUT2D eigenvalue weighted by Gasteiger charge is 2.07. The molecule has 4 nitrogen and oxygen atoms in total. The number of nitrogens with one attached hydrogen (secondary N) is 2. The van der Waals surface area contributed by atoms with Crippen LogP contribution >= 0.6 is 15.9 Å². The Morgan fingerprint density at radius 1 is 1.47 bits per heavy atom. The van der Waals surface area contributed by atoms with Gasteiger partial charge in [0.2, 0.25) is 5.91 Å². The first-order valence-electron chi connectivity index (χ1n) is 6.38. The molecule has 106 valence electrons. The number of carbonyl (C=O) groups is 1. The number of amides is 1. The number of carbonyl (C=O) groups excluding carboxylic acids is 1. The largest absolute Gasteiger partial charge is 0.385 e. The molecule has 0 saturated heterocycles. The molecule has 5 heteroatoms. The summed E-state index contributed by atoms with van der Waals surface area (Å²) in [5.74, 6) is 0.0120. The molecule has 0 aliphatic rings. The van der Waals surface area contributed by atoms with E-state index in [9.17, 15) is 4.79 Å². The van der Waals surface area contributed by atoms with Crippen LogP contribution in [0.2, 0.25) is 0 Å². The Bertz CT molecular complexity index is 399. The van der Waals surface area contributed by atoms with Gasteiger partial charge in [0.05, 0.1) is 6.54 Å². The van der Waals surface area contributed by atoms with Crippen molar-refractivity contribution in [3.8, 4) is 0 Å². The van der Waals surface area contributed by atoms with E-state index < -0.39 is 0 Å². The standard InChI is InChI=1S/C14H21BrN2O2/c1-11(12-5-3-6-13(15)9-12)17-10-14(18)16-7-4-8-19-2/h3,5-6,9,11,17H,4,7-8,10H2,1-2H3,(H,16,18). The van der Waals surface area contributed by atoms with E-state index in [0.717, 1.165) is 16.5 Å². The number of ether oxygens (including phenoxy) is 1. The molecule has 0 aliphatic carbocycles. The normalized spacial score (nSPS) is 12.2. The zero-order valence-corrected chi connectivity index (χ0v) is 13.0. The molecular formula is C14H21BrN2O2. The monoisotopic (exact) mass is 328 g/mol. The van der Waals surface area contributed by atoms with Crippen LogP contribution < -0.4 is 10.6 Å². The second-order valence-corrected chi connectivity index (χ2v) is 5.27. The van der Waals surface area contributed by atoms with Crippen LogP contribution in [0, 0.1) is 0 Å². The lowest BCUT2D eigenvalue weighted by Gasteiger charge is -2.14. The van der Waals surface area contributed by atoms with Crippen LogP contribution in [0.3, 0.4) is 0 Å². The molecular weight excluding hydrogens is 308 g/mol. The highest BCUT2D eigenvalue weighted by Crippen LogP contribution is 2.17. The van der Waals surface area contributed by atoms with Crippen molar-refractivity contribution in [1.82, 2.24) is 10.6 Å². The summed E-state index contributed by atoms with van der Waals surface area (Å²) in [6.07, 6.45) is 0.837. The van der Waals surface area contributed by atoms with Crippen LogP contribution in [0.25, 0.3) is 0 Å². The summed E-state index contributed by atoms with van der Waals surface area (Å²) < 4.78 is 5.96. The first kappa shape index (κ1) is 16.1. The molecule has 0 bridgehead atoms. The zero-order valence-electron chi connectivity index (χ0n) is 11.4. The van der Waals surface area contributed by atoms with E-state index in [1.54, 1.807) is 7.11 Å². The molecule has 1 aromatic rings. The molecule has 0 spiro atoms. The Labute approximate surface area is 123 Å². The fourth-order valence-electron chi connectivity index (χ4n) is 1.65. The van der Waals surface area contributed by atoms with Gasteiger partial charge in [-0.2, -0.15) is 0 Å². The Morgan fingerprint density at radius 3 is 2.95 bits per heavy atom. The summed E-state index contributed by atoms with van der Waals surface area (Å²) in [6, 6.07) is 8.20. The number of methoxy groups -OCH3 is 1. The van der Waals surface area contributed by atoms with Gasteiger partial charge in [-0.15, -0.1) is 0 Å². The maximum Gasteiger partial charge on any atom is 0.233 e. The molecule has 0 radical (unpaired) electrons. The highest BCUT2D eigenvalue weighted by atomic mass is 79.9. The predicted molar refractivity (Wildman–Crippen MR) is 80.1 cm³/mol. The Hall–Kier alpha value is -0.910. The summed E-state index contributed by atoms with van der Waals surface area (Å²) in [5.41, 5.74) is 1.15. The average molecular weight is 329 g/mol. The van der Waals surface area contributed by atoms with Crippen LogP contribution in [-0.2, 0) is 9.53 Å². The van der Waals surface area contributed by atoms with Crippen molar-refractivity contribution in [3.05, 3.63) is 34.3 Å². The van der Waals surface area contributed by atoms with Gasteiger partial charge in [0.25, 0.3) is 0 Å². The third kappa shape index (κ3) is 6.71. The number of hydrogen-bond donors (Lipinski definition) is 2. The lowest BCUT2D eigenvalue weighted by Crippen LogP contribution is -2.35. The van der Waals surface area contributed by atoms with Crippen molar-refractivity contribution < 1.29 is 9.53 Å². The van der Waals surface area contributed by atoms with E-state index >= 15 is 0 Å². The van der Waals surface area contributed by atoms with E-state index in [-0.39, 0.29) is 11.9 Å². The van der Waals surface area contributed by atoms with E-state index in [4.69, 9.17) is 4.74 Å². The number of rotatable bonds is 8. The molecule has 1 aromatic carbocycles. The summed E-state index contributed by atoms with van der Waals surface area (Å²) in [6.45, 7) is 3.68. The molecule has 0 heterocycles. The maximum absolute atomic E-state index is 11.6. The van der Waals surface area contributed by atoms with E-state index in [2.05, 4.69) is 26.6 Å². The highest BCUT2D eigenvalue weighted by molar-refractivity contribution is 9.10. The van der Waals surface area contributed by atoms with E-state index in [1.807, 2.05) is 31.2 Å². The predicted octanol–water partition coefficient (Wildman–Crippen LogP) is 2.25. The van der Waals surface area contributed by atoms with Crippen molar-refractivity contribution in [2.45, 2.75) is 19.4 Å². The first-order valence-corrected chi connectivity index (χ1v) is 7.17. The van der Waals surface area contributed by atoms with Crippen molar-refractivity contribution in [3.63, 3.8) is 0 Å². The van der Waals surface area contributed by atoms with Gasteiger partial charge in [-0.05, 0) is 31.0 Å². The molecule has 2 N–H and O–H groups in total. The minimum absolute atomic E-state index is 0.0120. The summed E-state index contributed by atoms with van der Waals surface area (Å²) in [7, 11) is 1.66. The first-order chi connectivity index (χ1) is 9.13. The van der Waals surface area contributed by atoms with Gasteiger partial charge in [-0.1, -0.05) is 28.1 Å². The molecule has 19 heavy (non-hydrogen) atoms. The lowest BCUT2D eigenvalue weighted by atomic mass is 10.1. The molecule has 0 aliphatic heterocycles. The number of benzene rings is 1. The summed E-state index contributed by atoms with van der Waals surface area (Å²) in [4.78, 5) is 11.6. The van der Waals surface area contributed by atoms with Gasteiger partial charge in [-0.25, -0.2) is 0 Å². The van der Waals surface area contributed by atoms with Gasteiger partial charge < -0.3 is 15.4 Å². The van der Waals surface area contributed by atoms with Crippen LogP contribution in [0.1, 0.15) is 24.9 Å². The Kier molecular flexibility index (Phi) is 7.70. The molecule has 0 fully saturated rings. The smallest absolute Gasteiger partial charge is 0.233 e. The minimum atomic E-state index is 0.0120. The van der Waals surface area contributed by atoms with Crippen LogP contribution in [-0.4, -0.2) is 32.7 Å². The van der Waals surface area contributed by atoms with Crippen molar-refractivity contribution in [2.24, 2.45) is 0 Å². The molecule has 1 unspecified atom stereocenters. The molecule has 0 aromatic heterocycles. The van der Waals surface area contributed by atoms with Crippen molar-refractivity contribution in [1.29, 1.82) is 0 Å². The maximum atomic E-state index is 11.6. The van der Waals surface area contributed by atoms with Crippen LogP contribution in [0.5, 0.6) is 0 Å². The van der Waals surface area contributed by atoms with Gasteiger partial charge in [-0.3, -0.25) is 4.79 Å². The van der Waals surface area contributed by atoms with Gasteiger partial charge in [0.15, 0.2) is 0 Å². The summed E-state index contributed by atoms with van der Waals surface area (Å²) in [5, 5.41) is 6.05. The molecule has 1 atom stereocenters. The molecule has 1 amide bonds. The Balaban J connectivity index is 2.26. The minimum Gasteiger partial charge on any atom is -0.385 e. The number of halogens is 1. The van der Waals surface area contributed by atoms with E-state index in [0.29, 0.717) is 19.7 Å². The fourth-order valence-corrected chi connectivity index (χ4v) is 2.06. The molecule has 1 rings (SSSR count). The summed E-state index contributed by atoms with van der Waals surface area (Å²) >= 11 is 3.44. The van der Waals surface area contributed by atoms with Crippen molar-refractivity contribution >= 4 is 21.8 Å². The average Bonchev–Trinajstić information content (AvgIpc) is 2.41. The van der Waals surface area contributed by atoms with E-state index in [1.165, 1.54) is 0 Å². The van der Waals surface area contributed by atoms with Crippen LogP contribution in [0.15, 0.2) is 28.7 Å². The van der Waals surface area contributed by atoms with Crippen molar-refractivity contribution in [2.75, 3.05) is 26.8 Å². The van der Waals surface area contributed by atoms with Gasteiger partial charge in [0.1, 0.15) is 0 Å². The quantitative estimate of drug-likeness (QED) is 0.719. The SMILES string of the molecule is COCCCNC(=O)CNC(C)c1cccc(Br)c1. The van der Waals surface area contributed by atoms with Crippen LogP contribution in [0.4, 0.5) is 0 Å². The second-order valence-electron chi connectivity index (χ2n) is 4.35. The Morgan fingerprint density at radius 2 is 2.26 bits per heavy atom. The second kappa shape index (κ2) is 9.07. The third-order valence-electron chi connectivity index (χ3n) is 2.76. The van der Waals surface area contributed by atoms with Gasteiger partial charge in [0, 0.05) is 30.8 Å². The topological polar surface area (TPSA) is 50.4 Å². The number of hydrogen-bond acceptors (Lipinski definition) is 3. The van der Waals surface area contributed by atoms with Gasteiger partial charge >= 0.3 is 0 Å². The lowest BCUT2D eigenvalue weighted by molar-refractivity contribution is -0.120. The zero-order chi connectivity index (χ0) is 14.1. The third-order valence-corrected chi connectivity index (χ3v) is 3.26. The fraction of sp³-hybridized carbons (Fsp3) is 0.500.